The summed E-state index contributed by atoms with van der Waals surface area (Å²) in [6.07, 6.45) is 27.5. The Labute approximate surface area is 228 Å². The fourth-order valence-corrected chi connectivity index (χ4v) is 4.93. The second-order valence-electron chi connectivity index (χ2n) is 11.0. The second-order valence-corrected chi connectivity index (χ2v) is 11.0. The normalized spacial score (nSPS) is 11.9. The summed E-state index contributed by atoms with van der Waals surface area (Å²) in [4.78, 5) is 35.5. The molecule has 0 aromatic heterocycles. The van der Waals surface area contributed by atoms with Crippen LogP contribution >= 0.6 is 0 Å². The van der Waals surface area contributed by atoms with Crippen molar-refractivity contribution in [1.82, 2.24) is 0 Å². The number of carbonyl (C=O) groups is 3. The Morgan fingerprint density at radius 3 is 1.30 bits per heavy atom. The highest BCUT2D eigenvalue weighted by Crippen LogP contribution is 2.21. The second kappa shape index (κ2) is 27.6. The number of esters is 2. The molecule has 1 N–H and O–H groups in total. The Morgan fingerprint density at radius 2 is 0.865 bits per heavy atom. The number of hydrogen-bond donors (Lipinski definition) is 1. The monoisotopic (exact) mass is 524 g/mol. The lowest BCUT2D eigenvalue weighted by Gasteiger charge is -2.15. The Balaban J connectivity index is 3.96. The van der Waals surface area contributed by atoms with Gasteiger partial charge in [-0.1, -0.05) is 142 Å². The van der Waals surface area contributed by atoms with Crippen LogP contribution in [0, 0.1) is 5.92 Å². The highest BCUT2D eigenvalue weighted by atomic mass is 16.6. The average Bonchev–Trinajstić information content (AvgIpc) is 2.87. The molecule has 0 rings (SSSR count). The van der Waals surface area contributed by atoms with Crippen LogP contribution in [0.2, 0.25) is 0 Å². The van der Waals surface area contributed by atoms with E-state index < -0.39 is 5.97 Å². The van der Waals surface area contributed by atoms with Gasteiger partial charge in [-0.15, -0.1) is 0 Å². The number of carbonyl (C=O) groups excluding carboxylic acids is 2. The minimum Gasteiger partial charge on any atom is -0.481 e. The molecular weight excluding hydrogens is 464 g/mol. The van der Waals surface area contributed by atoms with E-state index in [1.807, 2.05) is 0 Å². The maximum Gasteiger partial charge on any atom is 0.316 e. The van der Waals surface area contributed by atoms with E-state index in [-0.39, 0.29) is 24.3 Å². The van der Waals surface area contributed by atoms with Gasteiger partial charge in [0.1, 0.15) is 0 Å². The molecule has 0 saturated heterocycles. The number of hydrogen-bond acceptors (Lipinski definition) is 4. The molecule has 0 bridgehead atoms. The molecule has 0 amide bonds. The van der Waals surface area contributed by atoms with Crippen molar-refractivity contribution in [2.45, 2.75) is 181 Å². The number of unbranched alkanes of at least 4 members (excludes halogenated alkanes) is 19. The van der Waals surface area contributed by atoms with Crippen LogP contribution in [-0.2, 0) is 19.1 Å². The molecule has 0 radical (unpaired) electrons. The molecule has 0 aliphatic heterocycles. The number of rotatable bonds is 28. The molecule has 0 fully saturated rings. The predicted octanol–water partition coefficient (Wildman–Crippen LogP) is 9.94. The maximum absolute atomic E-state index is 12.7. The van der Waals surface area contributed by atoms with Crippen LogP contribution in [0.25, 0.3) is 0 Å². The zero-order valence-corrected chi connectivity index (χ0v) is 24.5. The maximum atomic E-state index is 12.7. The molecule has 5 heteroatoms. The molecule has 0 aliphatic carbocycles. The van der Waals surface area contributed by atoms with Gasteiger partial charge in [0.15, 0.2) is 0 Å². The van der Waals surface area contributed by atoms with E-state index in [2.05, 4.69) is 13.8 Å². The van der Waals surface area contributed by atoms with Crippen LogP contribution < -0.4 is 0 Å². The van der Waals surface area contributed by atoms with Crippen molar-refractivity contribution < 1.29 is 24.2 Å². The predicted molar refractivity (Wildman–Crippen MR) is 154 cm³/mol. The Morgan fingerprint density at radius 1 is 0.514 bits per heavy atom. The van der Waals surface area contributed by atoms with Crippen molar-refractivity contribution in [3.05, 3.63) is 0 Å². The van der Waals surface area contributed by atoms with E-state index in [9.17, 15) is 14.4 Å². The first-order valence-corrected chi connectivity index (χ1v) is 16.0. The molecule has 1 unspecified atom stereocenters. The number of aliphatic carboxylic acids is 1. The molecule has 218 valence electrons. The zero-order chi connectivity index (χ0) is 27.4. The van der Waals surface area contributed by atoms with Crippen molar-refractivity contribution in [2.75, 3.05) is 0 Å². The summed E-state index contributed by atoms with van der Waals surface area (Å²) >= 11 is 0. The third-order valence-electron chi connectivity index (χ3n) is 7.38. The topological polar surface area (TPSA) is 80.7 Å². The first kappa shape index (κ1) is 35.6. The van der Waals surface area contributed by atoms with E-state index in [0.717, 1.165) is 77.0 Å². The van der Waals surface area contributed by atoms with Gasteiger partial charge in [0.05, 0.1) is 5.92 Å². The molecule has 0 heterocycles. The highest BCUT2D eigenvalue weighted by molar-refractivity contribution is 5.86. The molecule has 0 aromatic carbocycles. The number of carboxylic acids is 1. The van der Waals surface area contributed by atoms with E-state index in [1.165, 1.54) is 70.6 Å². The first-order valence-electron chi connectivity index (χ1n) is 16.0. The number of carboxylic acid groups (broad SMARTS) is 1. The van der Waals surface area contributed by atoms with Crippen LogP contribution in [-0.4, -0.2) is 23.0 Å². The van der Waals surface area contributed by atoms with E-state index in [0.29, 0.717) is 12.8 Å². The summed E-state index contributed by atoms with van der Waals surface area (Å²) in [5, 5.41) is 8.72. The molecule has 0 aromatic rings. The Bertz CT molecular complexity index is 545. The third kappa shape index (κ3) is 26.0. The van der Waals surface area contributed by atoms with Gasteiger partial charge in [-0.25, -0.2) is 0 Å². The van der Waals surface area contributed by atoms with Crippen LogP contribution in [0.1, 0.15) is 181 Å². The summed E-state index contributed by atoms with van der Waals surface area (Å²) in [5.74, 6) is -1.62. The van der Waals surface area contributed by atoms with Gasteiger partial charge >= 0.3 is 17.9 Å². The van der Waals surface area contributed by atoms with Crippen molar-refractivity contribution in [2.24, 2.45) is 5.92 Å². The molecule has 0 spiro atoms. The van der Waals surface area contributed by atoms with Crippen molar-refractivity contribution in [3.63, 3.8) is 0 Å². The van der Waals surface area contributed by atoms with Gasteiger partial charge in [-0.3, -0.25) is 14.4 Å². The zero-order valence-electron chi connectivity index (χ0n) is 24.5. The highest BCUT2D eigenvalue weighted by Gasteiger charge is 2.22. The molecule has 37 heavy (non-hydrogen) atoms. The first-order chi connectivity index (χ1) is 18.0. The summed E-state index contributed by atoms with van der Waals surface area (Å²) in [5.41, 5.74) is 0. The molecule has 0 aliphatic rings. The van der Waals surface area contributed by atoms with Gasteiger partial charge in [0.25, 0.3) is 0 Å². The van der Waals surface area contributed by atoms with Gasteiger partial charge < -0.3 is 9.84 Å². The largest absolute Gasteiger partial charge is 0.481 e. The fraction of sp³-hybridized carbons (Fsp3) is 0.906. The lowest BCUT2D eigenvalue weighted by molar-refractivity contribution is -0.163. The molecule has 1 atom stereocenters. The average molecular weight is 525 g/mol. The lowest BCUT2D eigenvalue weighted by Crippen LogP contribution is -2.21. The van der Waals surface area contributed by atoms with E-state index in [1.54, 1.807) is 0 Å². The minimum absolute atomic E-state index is 0.188. The molecule has 5 nitrogen and oxygen atoms in total. The minimum atomic E-state index is -0.738. The van der Waals surface area contributed by atoms with E-state index >= 15 is 0 Å². The van der Waals surface area contributed by atoms with Crippen molar-refractivity contribution in [3.8, 4) is 0 Å². The standard InChI is InChI=1S/C32H60O5/c1-3-5-7-9-10-11-12-13-14-15-16-20-24-28-31(35)37-32(36)29(25-21-8-6-4-2)26-22-18-17-19-23-27-30(33)34/h29H,3-28H2,1-2H3,(H,33,34). The Hall–Kier alpha value is -1.39. The SMILES string of the molecule is CCCCCCCCCCCCCCCC(=O)OC(=O)C(CCCCCC)CCCCCCCC(=O)O. The Kier molecular flexibility index (Phi) is 26.6. The molecular formula is C32H60O5. The summed E-state index contributed by atoms with van der Waals surface area (Å²) < 4.78 is 5.26. The summed E-state index contributed by atoms with van der Waals surface area (Å²) in [7, 11) is 0. The van der Waals surface area contributed by atoms with Gasteiger partial charge in [0, 0.05) is 12.8 Å². The molecule has 0 saturated carbocycles. The third-order valence-corrected chi connectivity index (χ3v) is 7.38. The van der Waals surface area contributed by atoms with Crippen LogP contribution in [0.3, 0.4) is 0 Å². The summed E-state index contributed by atoms with van der Waals surface area (Å²) in [6, 6.07) is 0. The van der Waals surface area contributed by atoms with Crippen molar-refractivity contribution in [1.29, 1.82) is 0 Å². The van der Waals surface area contributed by atoms with Crippen molar-refractivity contribution >= 4 is 17.9 Å². The van der Waals surface area contributed by atoms with Gasteiger partial charge in [-0.05, 0) is 25.7 Å². The lowest BCUT2D eigenvalue weighted by atomic mass is 9.94. The van der Waals surface area contributed by atoms with Crippen LogP contribution in [0.15, 0.2) is 0 Å². The summed E-state index contributed by atoms with van der Waals surface area (Å²) in [6.45, 7) is 4.43. The van der Waals surface area contributed by atoms with Crippen LogP contribution in [0.5, 0.6) is 0 Å². The van der Waals surface area contributed by atoms with Crippen LogP contribution in [0.4, 0.5) is 0 Å². The van der Waals surface area contributed by atoms with Gasteiger partial charge in [-0.2, -0.15) is 0 Å². The van der Waals surface area contributed by atoms with Gasteiger partial charge in [0.2, 0.25) is 0 Å². The number of ether oxygens (including phenoxy) is 1. The smallest absolute Gasteiger partial charge is 0.316 e. The quantitative estimate of drug-likeness (QED) is 0.0625. The fourth-order valence-electron chi connectivity index (χ4n) is 4.93. The van der Waals surface area contributed by atoms with E-state index in [4.69, 9.17) is 9.84 Å².